The molecule has 4 heteroatoms. The van der Waals surface area contributed by atoms with E-state index in [1.165, 1.54) is 24.0 Å². The topological polar surface area (TPSA) is 30.5 Å². The molecule has 19 heavy (non-hydrogen) atoms. The second-order valence-corrected chi connectivity index (χ2v) is 5.76. The lowest BCUT2D eigenvalue weighted by atomic mass is 9.99. The molecule has 0 bridgehead atoms. The number of fused-ring (bicyclic) bond motifs is 1. The molecule has 104 valence electrons. The first kappa shape index (κ1) is 13.1. The minimum Gasteiger partial charge on any atom is -0.489 e. The predicted molar refractivity (Wildman–Crippen MR) is 76.5 cm³/mol. The molecule has 1 aromatic rings. The van der Waals surface area contributed by atoms with Crippen LogP contribution in [0.25, 0.3) is 0 Å². The van der Waals surface area contributed by atoms with Gasteiger partial charge in [-0.3, -0.25) is 0 Å². The Bertz CT molecular complexity index is 470. The van der Waals surface area contributed by atoms with Crippen molar-refractivity contribution >= 4 is 11.6 Å². The molecule has 1 atom stereocenters. The molecule has 0 saturated carbocycles. The highest BCUT2D eigenvalue weighted by Gasteiger charge is 2.22. The lowest BCUT2D eigenvalue weighted by Crippen LogP contribution is -2.24. The van der Waals surface area contributed by atoms with Gasteiger partial charge >= 0.3 is 0 Å². The van der Waals surface area contributed by atoms with Gasteiger partial charge in [0.05, 0.1) is 18.2 Å². The van der Waals surface area contributed by atoms with E-state index < -0.39 is 0 Å². The lowest BCUT2D eigenvalue weighted by molar-refractivity contribution is 0.296. The molecule has 0 radical (unpaired) electrons. The van der Waals surface area contributed by atoms with Crippen LogP contribution >= 0.6 is 11.6 Å². The van der Waals surface area contributed by atoms with Crippen molar-refractivity contribution in [3.63, 3.8) is 0 Å². The van der Waals surface area contributed by atoms with Crippen molar-refractivity contribution in [2.24, 2.45) is 0 Å². The molecule has 0 amide bonds. The van der Waals surface area contributed by atoms with Crippen LogP contribution in [0.4, 0.5) is 0 Å². The van der Waals surface area contributed by atoms with E-state index in [9.17, 15) is 0 Å². The van der Waals surface area contributed by atoms with Gasteiger partial charge in [0.25, 0.3) is 0 Å². The zero-order valence-corrected chi connectivity index (χ0v) is 12.1. The largest absolute Gasteiger partial charge is 0.489 e. The summed E-state index contributed by atoms with van der Waals surface area (Å²) in [6.45, 7) is 4.61. The third-order valence-corrected chi connectivity index (χ3v) is 4.24. The van der Waals surface area contributed by atoms with Crippen LogP contribution in [0.2, 0.25) is 5.02 Å². The summed E-state index contributed by atoms with van der Waals surface area (Å²) < 4.78 is 11.5. The van der Waals surface area contributed by atoms with Crippen LogP contribution in [-0.4, -0.2) is 25.8 Å². The molecule has 0 aliphatic carbocycles. The summed E-state index contributed by atoms with van der Waals surface area (Å²) >= 11 is 6.35. The number of benzene rings is 1. The first-order valence-electron chi connectivity index (χ1n) is 7.06. The lowest BCUT2D eigenvalue weighted by Gasteiger charge is -2.18. The van der Waals surface area contributed by atoms with E-state index in [4.69, 9.17) is 21.1 Å². The standard InChI is InChI=1S/C15H20ClNO2/c1-10-11(8-12-4-2-5-17-12)9-13(16)15-14(10)18-6-3-7-19-15/h9,12,17H,2-8H2,1H3. The second-order valence-electron chi connectivity index (χ2n) is 5.35. The molecule has 1 unspecified atom stereocenters. The number of halogens is 1. The van der Waals surface area contributed by atoms with Crippen molar-refractivity contribution in [3.05, 3.63) is 22.2 Å². The Morgan fingerprint density at radius 3 is 2.79 bits per heavy atom. The van der Waals surface area contributed by atoms with Gasteiger partial charge in [0.1, 0.15) is 0 Å². The smallest absolute Gasteiger partial charge is 0.180 e. The summed E-state index contributed by atoms with van der Waals surface area (Å²) in [7, 11) is 0. The van der Waals surface area contributed by atoms with E-state index in [1.54, 1.807) is 0 Å². The van der Waals surface area contributed by atoms with Crippen LogP contribution in [0.5, 0.6) is 11.5 Å². The van der Waals surface area contributed by atoms with Gasteiger partial charge in [-0.1, -0.05) is 11.6 Å². The summed E-state index contributed by atoms with van der Waals surface area (Å²) in [6, 6.07) is 2.62. The molecule has 3 nitrogen and oxygen atoms in total. The summed E-state index contributed by atoms with van der Waals surface area (Å²) in [5.74, 6) is 1.57. The van der Waals surface area contributed by atoms with E-state index in [0.29, 0.717) is 24.3 Å². The summed E-state index contributed by atoms with van der Waals surface area (Å²) in [4.78, 5) is 0. The highest BCUT2D eigenvalue weighted by atomic mass is 35.5. The first-order valence-corrected chi connectivity index (χ1v) is 7.44. The Kier molecular flexibility index (Phi) is 3.85. The molecule has 1 fully saturated rings. The van der Waals surface area contributed by atoms with Gasteiger partial charge < -0.3 is 14.8 Å². The molecule has 2 aliphatic rings. The highest BCUT2D eigenvalue weighted by Crippen LogP contribution is 2.41. The van der Waals surface area contributed by atoms with Gasteiger partial charge in [0.15, 0.2) is 11.5 Å². The molecule has 1 saturated heterocycles. The number of hydrogen-bond donors (Lipinski definition) is 1. The van der Waals surface area contributed by atoms with Crippen molar-refractivity contribution in [1.82, 2.24) is 5.32 Å². The fraction of sp³-hybridized carbons (Fsp3) is 0.600. The van der Waals surface area contributed by atoms with Crippen LogP contribution in [0.1, 0.15) is 30.4 Å². The summed E-state index contributed by atoms with van der Waals surface area (Å²) in [5, 5.41) is 4.21. The van der Waals surface area contributed by atoms with Crippen LogP contribution in [0.3, 0.4) is 0 Å². The molecule has 1 N–H and O–H groups in total. The maximum atomic E-state index is 6.35. The normalized spacial score (nSPS) is 22.3. The van der Waals surface area contributed by atoms with E-state index in [1.807, 2.05) is 6.07 Å². The molecule has 2 heterocycles. The number of nitrogens with one attached hydrogen (secondary N) is 1. The van der Waals surface area contributed by atoms with E-state index in [2.05, 4.69) is 12.2 Å². The molecular weight excluding hydrogens is 262 g/mol. The number of hydrogen-bond acceptors (Lipinski definition) is 3. The molecule has 3 rings (SSSR count). The van der Waals surface area contributed by atoms with E-state index in [0.717, 1.165) is 30.9 Å². The van der Waals surface area contributed by atoms with Gasteiger partial charge in [-0.2, -0.15) is 0 Å². The molecule has 2 aliphatic heterocycles. The Balaban J connectivity index is 1.92. The third-order valence-electron chi connectivity index (χ3n) is 3.96. The van der Waals surface area contributed by atoms with Gasteiger partial charge in [-0.15, -0.1) is 0 Å². The minimum absolute atomic E-state index is 0.569. The fourth-order valence-corrected chi connectivity index (χ4v) is 3.15. The second kappa shape index (κ2) is 5.59. The highest BCUT2D eigenvalue weighted by molar-refractivity contribution is 6.32. The van der Waals surface area contributed by atoms with E-state index >= 15 is 0 Å². The Labute approximate surface area is 119 Å². The van der Waals surface area contributed by atoms with Gasteiger partial charge in [-0.05, 0) is 49.9 Å². The minimum atomic E-state index is 0.569. The van der Waals surface area contributed by atoms with Crippen molar-refractivity contribution in [3.8, 4) is 11.5 Å². The molecule has 0 spiro atoms. The summed E-state index contributed by atoms with van der Waals surface area (Å²) in [5.41, 5.74) is 2.45. The predicted octanol–water partition coefficient (Wildman–Crippen LogP) is 3.10. The monoisotopic (exact) mass is 281 g/mol. The SMILES string of the molecule is Cc1c(CC2CCCN2)cc(Cl)c2c1OCCCO2. The van der Waals surface area contributed by atoms with Crippen molar-refractivity contribution in [2.45, 2.75) is 38.6 Å². The van der Waals surface area contributed by atoms with Crippen LogP contribution in [0, 0.1) is 6.92 Å². The van der Waals surface area contributed by atoms with E-state index in [-0.39, 0.29) is 0 Å². The zero-order valence-electron chi connectivity index (χ0n) is 11.3. The van der Waals surface area contributed by atoms with Gasteiger partial charge in [-0.25, -0.2) is 0 Å². The van der Waals surface area contributed by atoms with Crippen molar-refractivity contribution < 1.29 is 9.47 Å². The van der Waals surface area contributed by atoms with Crippen molar-refractivity contribution in [1.29, 1.82) is 0 Å². The molecular formula is C15H20ClNO2. The zero-order chi connectivity index (χ0) is 13.2. The van der Waals surface area contributed by atoms with Crippen LogP contribution < -0.4 is 14.8 Å². The van der Waals surface area contributed by atoms with Crippen LogP contribution in [0.15, 0.2) is 6.07 Å². The number of rotatable bonds is 2. The van der Waals surface area contributed by atoms with Crippen molar-refractivity contribution in [2.75, 3.05) is 19.8 Å². The third kappa shape index (κ3) is 2.67. The Hall–Kier alpha value is -0.930. The maximum absolute atomic E-state index is 6.35. The molecule has 1 aromatic carbocycles. The average Bonchev–Trinajstić information content (AvgIpc) is 2.77. The van der Waals surface area contributed by atoms with Gasteiger partial charge in [0.2, 0.25) is 0 Å². The maximum Gasteiger partial charge on any atom is 0.180 e. The number of ether oxygens (including phenoxy) is 2. The Morgan fingerprint density at radius 1 is 1.26 bits per heavy atom. The Morgan fingerprint density at radius 2 is 2.05 bits per heavy atom. The quantitative estimate of drug-likeness (QED) is 0.904. The molecule has 0 aromatic heterocycles. The summed E-state index contributed by atoms with van der Waals surface area (Å²) in [6.07, 6.45) is 4.43. The van der Waals surface area contributed by atoms with Crippen LogP contribution in [-0.2, 0) is 6.42 Å². The fourth-order valence-electron chi connectivity index (χ4n) is 2.88. The average molecular weight is 282 g/mol. The first-order chi connectivity index (χ1) is 9.25. The van der Waals surface area contributed by atoms with Gasteiger partial charge in [0, 0.05) is 12.5 Å².